The summed E-state index contributed by atoms with van der Waals surface area (Å²) < 4.78 is 18.1. The van der Waals surface area contributed by atoms with Crippen LogP contribution in [0.5, 0.6) is 0 Å². The number of ether oxygens (including phenoxy) is 3. The Morgan fingerprint density at radius 3 is 2.67 bits per heavy atom. The third-order valence-electron chi connectivity index (χ3n) is 4.77. The fourth-order valence-corrected chi connectivity index (χ4v) is 3.48. The molecule has 0 radical (unpaired) electrons. The number of hydrogen-bond donors (Lipinski definition) is 1. The van der Waals surface area contributed by atoms with Crippen molar-refractivity contribution in [3.63, 3.8) is 0 Å². The number of hydrogen-bond acceptors (Lipinski definition) is 4. The Morgan fingerprint density at radius 2 is 1.89 bits per heavy atom. The standard InChI is InChI=1S/C14H24O4/c1-13(2)11(15)8-14(3)12(18-13)7-10-9(17-14)5-4-6-16-10/h9-12,15H,4-8H2,1-3H3/t9-,10+,11-,12-,14+/m1/s1. The first-order chi connectivity index (χ1) is 8.41. The molecule has 3 rings (SSSR count). The zero-order chi connectivity index (χ0) is 13.0. The lowest BCUT2D eigenvalue weighted by Gasteiger charge is -2.56. The lowest BCUT2D eigenvalue weighted by atomic mass is 9.77. The second-order valence-electron chi connectivity index (χ2n) is 6.69. The number of aliphatic hydroxyl groups excluding tert-OH is 1. The second-order valence-corrected chi connectivity index (χ2v) is 6.69. The van der Waals surface area contributed by atoms with Crippen LogP contribution in [0, 0.1) is 0 Å². The van der Waals surface area contributed by atoms with Gasteiger partial charge in [-0.25, -0.2) is 0 Å². The summed E-state index contributed by atoms with van der Waals surface area (Å²) in [5.74, 6) is 0. The SMILES string of the molecule is CC1(C)O[C@@H]2C[C@@H]3OCCC[C@H]3O[C@@]2(C)C[C@H]1O. The van der Waals surface area contributed by atoms with Gasteiger partial charge in [0.25, 0.3) is 0 Å². The van der Waals surface area contributed by atoms with Crippen LogP contribution in [0.1, 0.15) is 46.5 Å². The molecular weight excluding hydrogens is 232 g/mol. The normalized spacial score (nSPS) is 51.3. The molecule has 3 aliphatic rings. The van der Waals surface area contributed by atoms with Crippen LogP contribution in [0.15, 0.2) is 0 Å². The van der Waals surface area contributed by atoms with E-state index in [1.54, 1.807) is 0 Å². The molecule has 0 aromatic rings. The van der Waals surface area contributed by atoms with Crippen molar-refractivity contribution >= 4 is 0 Å². The van der Waals surface area contributed by atoms with Crippen LogP contribution in [0.4, 0.5) is 0 Å². The van der Waals surface area contributed by atoms with Crippen molar-refractivity contribution in [3.8, 4) is 0 Å². The molecule has 3 saturated heterocycles. The molecule has 0 aliphatic carbocycles. The molecule has 0 aromatic heterocycles. The van der Waals surface area contributed by atoms with Crippen molar-refractivity contribution in [2.24, 2.45) is 0 Å². The maximum Gasteiger partial charge on any atom is 0.0947 e. The Balaban J connectivity index is 1.80. The van der Waals surface area contributed by atoms with Crippen molar-refractivity contribution in [2.45, 2.75) is 82.1 Å². The molecule has 3 aliphatic heterocycles. The fourth-order valence-electron chi connectivity index (χ4n) is 3.48. The first-order valence-electron chi connectivity index (χ1n) is 7.06. The Morgan fingerprint density at radius 1 is 1.11 bits per heavy atom. The highest BCUT2D eigenvalue weighted by molar-refractivity contribution is 5.04. The van der Waals surface area contributed by atoms with Crippen LogP contribution in [-0.4, -0.2) is 47.3 Å². The molecule has 0 aromatic carbocycles. The van der Waals surface area contributed by atoms with Crippen LogP contribution in [0.3, 0.4) is 0 Å². The van der Waals surface area contributed by atoms with E-state index in [1.807, 2.05) is 13.8 Å². The van der Waals surface area contributed by atoms with E-state index in [4.69, 9.17) is 14.2 Å². The van der Waals surface area contributed by atoms with E-state index in [9.17, 15) is 5.11 Å². The summed E-state index contributed by atoms with van der Waals surface area (Å²) in [6, 6.07) is 0. The highest BCUT2D eigenvalue weighted by atomic mass is 16.6. The lowest BCUT2D eigenvalue weighted by molar-refractivity contribution is -0.316. The van der Waals surface area contributed by atoms with Crippen LogP contribution in [0.2, 0.25) is 0 Å². The maximum atomic E-state index is 10.2. The summed E-state index contributed by atoms with van der Waals surface area (Å²) >= 11 is 0. The fraction of sp³-hybridized carbons (Fsp3) is 1.00. The Kier molecular flexibility index (Phi) is 2.98. The number of aliphatic hydroxyl groups is 1. The average molecular weight is 256 g/mol. The number of fused-ring (bicyclic) bond motifs is 2. The van der Waals surface area contributed by atoms with E-state index in [1.165, 1.54) is 0 Å². The minimum atomic E-state index is -0.491. The first-order valence-corrected chi connectivity index (χ1v) is 7.06. The Labute approximate surface area is 109 Å². The molecule has 18 heavy (non-hydrogen) atoms. The average Bonchev–Trinajstić information content (AvgIpc) is 2.28. The van der Waals surface area contributed by atoms with Gasteiger partial charge in [0.2, 0.25) is 0 Å². The molecule has 5 atom stereocenters. The van der Waals surface area contributed by atoms with Crippen molar-refractivity contribution < 1.29 is 19.3 Å². The Hall–Kier alpha value is -0.160. The second kappa shape index (κ2) is 4.17. The molecule has 0 unspecified atom stereocenters. The third kappa shape index (κ3) is 1.99. The molecule has 104 valence electrons. The number of rotatable bonds is 0. The minimum absolute atomic E-state index is 0.0234. The first kappa shape index (κ1) is 12.9. The molecule has 0 saturated carbocycles. The van der Waals surface area contributed by atoms with Gasteiger partial charge in [0.15, 0.2) is 0 Å². The molecule has 0 bridgehead atoms. The van der Waals surface area contributed by atoms with Crippen LogP contribution < -0.4 is 0 Å². The Bertz CT molecular complexity index is 330. The molecule has 0 amide bonds. The predicted molar refractivity (Wildman–Crippen MR) is 66.4 cm³/mol. The monoisotopic (exact) mass is 256 g/mol. The van der Waals surface area contributed by atoms with Gasteiger partial charge in [-0.1, -0.05) is 0 Å². The van der Waals surface area contributed by atoms with Crippen LogP contribution in [0.25, 0.3) is 0 Å². The molecule has 1 N–H and O–H groups in total. The summed E-state index contributed by atoms with van der Waals surface area (Å²) in [7, 11) is 0. The topological polar surface area (TPSA) is 47.9 Å². The van der Waals surface area contributed by atoms with Crippen molar-refractivity contribution in [1.29, 1.82) is 0 Å². The summed E-state index contributed by atoms with van der Waals surface area (Å²) in [4.78, 5) is 0. The lowest BCUT2D eigenvalue weighted by Crippen LogP contribution is -2.65. The van der Waals surface area contributed by atoms with Gasteiger partial charge in [0.1, 0.15) is 0 Å². The van der Waals surface area contributed by atoms with E-state index in [-0.39, 0.29) is 23.9 Å². The van der Waals surface area contributed by atoms with Gasteiger partial charge in [-0.05, 0) is 33.6 Å². The van der Waals surface area contributed by atoms with E-state index in [0.29, 0.717) is 6.42 Å². The van der Waals surface area contributed by atoms with E-state index < -0.39 is 11.7 Å². The summed E-state index contributed by atoms with van der Waals surface area (Å²) in [5, 5.41) is 10.2. The quantitative estimate of drug-likeness (QED) is 0.716. The van der Waals surface area contributed by atoms with Gasteiger partial charge in [-0.2, -0.15) is 0 Å². The summed E-state index contributed by atoms with van der Waals surface area (Å²) in [5.41, 5.74) is -0.855. The third-order valence-corrected chi connectivity index (χ3v) is 4.77. The van der Waals surface area contributed by atoms with E-state index in [2.05, 4.69) is 6.92 Å². The summed E-state index contributed by atoms with van der Waals surface area (Å²) in [6.07, 6.45) is 3.56. The van der Waals surface area contributed by atoms with Gasteiger partial charge in [-0.3, -0.25) is 0 Å². The highest BCUT2D eigenvalue weighted by Crippen LogP contribution is 2.45. The van der Waals surface area contributed by atoms with Gasteiger partial charge >= 0.3 is 0 Å². The molecule has 3 heterocycles. The maximum absolute atomic E-state index is 10.2. The molecule has 4 heteroatoms. The zero-order valence-corrected chi connectivity index (χ0v) is 11.5. The van der Waals surface area contributed by atoms with Crippen LogP contribution >= 0.6 is 0 Å². The van der Waals surface area contributed by atoms with E-state index in [0.717, 1.165) is 25.9 Å². The largest absolute Gasteiger partial charge is 0.390 e. The van der Waals surface area contributed by atoms with Crippen LogP contribution in [-0.2, 0) is 14.2 Å². The molecule has 4 nitrogen and oxygen atoms in total. The molecular formula is C14H24O4. The van der Waals surface area contributed by atoms with Crippen molar-refractivity contribution in [1.82, 2.24) is 0 Å². The van der Waals surface area contributed by atoms with Gasteiger partial charge < -0.3 is 19.3 Å². The zero-order valence-electron chi connectivity index (χ0n) is 11.5. The van der Waals surface area contributed by atoms with Crippen molar-refractivity contribution in [2.75, 3.05) is 6.61 Å². The van der Waals surface area contributed by atoms with Gasteiger partial charge in [0.05, 0.1) is 35.6 Å². The van der Waals surface area contributed by atoms with Gasteiger partial charge in [0, 0.05) is 19.4 Å². The highest BCUT2D eigenvalue weighted by Gasteiger charge is 2.55. The minimum Gasteiger partial charge on any atom is -0.390 e. The molecule has 3 fully saturated rings. The predicted octanol–water partition coefficient (Wildman–Crippen LogP) is 1.64. The van der Waals surface area contributed by atoms with Crippen molar-refractivity contribution in [3.05, 3.63) is 0 Å². The van der Waals surface area contributed by atoms with E-state index >= 15 is 0 Å². The smallest absolute Gasteiger partial charge is 0.0947 e. The summed E-state index contributed by atoms with van der Waals surface area (Å²) in [6.45, 7) is 6.80. The van der Waals surface area contributed by atoms with Gasteiger partial charge in [-0.15, -0.1) is 0 Å². The molecule has 0 spiro atoms.